The van der Waals surface area contributed by atoms with Crippen LogP contribution >= 0.6 is 12.2 Å². The fourth-order valence-corrected chi connectivity index (χ4v) is 3.38. The van der Waals surface area contributed by atoms with E-state index >= 15 is 0 Å². The van der Waals surface area contributed by atoms with Crippen LogP contribution in [0.4, 0.5) is 0 Å². The Bertz CT molecular complexity index is 501. The zero-order chi connectivity index (χ0) is 15.9. The Morgan fingerprint density at radius 2 is 2.14 bits per heavy atom. The first-order chi connectivity index (χ1) is 10.6. The number of nitrogens with two attached hydrogens (primary N) is 1. The van der Waals surface area contributed by atoms with Crippen molar-refractivity contribution in [3.63, 3.8) is 0 Å². The molecule has 0 amide bonds. The molecule has 2 N–H and O–H groups in total. The van der Waals surface area contributed by atoms with E-state index < -0.39 is 5.92 Å². The van der Waals surface area contributed by atoms with E-state index in [1.54, 1.807) is 18.3 Å². The van der Waals surface area contributed by atoms with Crippen LogP contribution in [0.15, 0.2) is 24.4 Å². The molecule has 1 heterocycles. The van der Waals surface area contributed by atoms with Crippen molar-refractivity contribution >= 4 is 23.2 Å². The summed E-state index contributed by atoms with van der Waals surface area (Å²) >= 11 is 5.06. The Hall–Kier alpha value is -1.49. The normalized spacial score (nSPS) is 18.4. The number of nitrogens with zero attached hydrogens (tertiary/aromatic N) is 1. The molecule has 0 spiro atoms. The first-order valence-corrected chi connectivity index (χ1v) is 8.45. The highest BCUT2D eigenvalue weighted by Crippen LogP contribution is 2.30. The third-order valence-electron chi connectivity index (χ3n) is 4.35. The quantitative estimate of drug-likeness (QED) is 0.643. The highest BCUT2D eigenvalue weighted by atomic mass is 32.1. The molecule has 120 valence electrons. The van der Waals surface area contributed by atoms with E-state index in [1.807, 2.05) is 6.07 Å². The Labute approximate surface area is 137 Å². The van der Waals surface area contributed by atoms with Crippen molar-refractivity contribution in [2.24, 2.45) is 11.7 Å². The molecule has 1 saturated carbocycles. The van der Waals surface area contributed by atoms with Gasteiger partial charge in [-0.25, -0.2) is 0 Å². The molecule has 4 nitrogen and oxygen atoms in total. The SMILES string of the molecule is CCC(OC(=O)C(C(N)=S)c1ccccn1)C1CCCCC1. The number of hydrogen-bond acceptors (Lipinski definition) is 4. The van der Waals surface area contributed by atoms with Gasteiger partial charge in [0.25, 0.3) is 0 Å². The first-order valence-electron chi connectivity index (χ1n) is 8.04. The van der Waals surface area contributed by atoms with Crippen LogP contribution in [0.1, 0.15) is 57.1 Å². The molecule has 5 heteroatoms. The van der Waals surface area contributed by atoms with Gasteiger partial charge in [0.05, 0.1) is 10.7 Å². The van der Waals surface area contributed by atoms with Gasteiger partial charge < -0.3 is 10.5 Å². The van der Waals surface area contributed by atoms with Gasteiger partial charge >= 0.3 is 5.97 Å². The lowest BCUT2D eigenvalue weighted by atomic mass is 9.84. The maximum atomic E-state index is 12.6. The van der Waals surface area contributed by atoms with Gasteiger partial charge in [-0.2, -0.15) is 0 Å². The third-order valence-corrected chi connectivity index (χ3v) is 4.58. The van der Waals surface area contributed by atoms with E-state index in [9.17, 15) is 4.79 Å². The summed E-state index contributed by atoms with van der Waals surface area (Å²) in [6.07, 6.45) is 8.39. The molecule has 2 unspecified atom stereocenters. The van der Waals surface area contributed by atoms with Crippen LogP contribution in [0, 0.1) is 5.92 Å². The van der Waals surface area contributed by atoms with Crippen LogP contribution in [0.25, 0.3) is 0 Å². The third kappa shape index (κ3) is 4.26. The lowest BCUT2D eigenvalue weighted by Gasteiger charge is -2.30. The molecule has 2 atom stereocenters. The summed E-state index contributed by atoms with van der Waals surface area (Å²) in [6.45, 7) is 2.06. The van der Waals surface area contributed by atoms with Gasteiger partial charge in [0.15, 0.2) is 0 Å². The molecule has 22 heavy (non-hydrogen) atoms. The van der Waals surface area contributed by atoms with Crippen molar-refractivity contribution in [2.75, 3.05) is 0 Å². The van der Waals surface area contributed by atoms with Crippen molar-refractivity contribution in [1.82, 2.24) is 4.98 Å². The molecule has 0 saturated heterocycles. The van der Waals surface area contributed by atoms with Crippen LogP contribution < -0.4 is 5.73 Å². The zero-order valence-electron chi connectivity index (χ0n) is 13.0. The van der Waals surface area contributed by atoms with Crippen molar-refractivity contribution in [1.29, 1.82) is 0 Å². The van der Waals surface area contributed by atoms with E-state index in [4.69, 9.17) is 22.7 Å². The second-order valence-electron chi connectivity index (χ2n) is 5.87. The molecular formula is C17H24N2O2S. The minimum Gasteiger partial charge on any atom is -0.461 e. The van der Waals surface area contributed by atoms with Crippen LogP contribution in [-0.4, -0.2) is 22.0 Å². The Kier molecular flexibility index (Phi) is 6.31. The van der Waals surface area contributed by atoms with Gasteiger partial charge in [-0.05, 0) is 37.3 Å². The maximum Gasteiger partial charge on any atom is 0.322 e. The smallest absolute Gasteiger partial charge is 0.322 e. The zero-order valence-corrected chi connectivity index (χ0v) is 13.8. The average molecular weight is 320 g/mol. The van der Waals surface area contributed by atoms with Crippen LogP contribution in [-0.2, 0) is 9.53 Å². The summed E-state index contributed by atoms with van der Waals surface area (Å²) in [7, 11) is 0. The van der Waals surface area contributed by atoms with E-state index in [2.05, 4.69) is 11.9 Å². The highest BCUT2D eigenvalue weighted by Gasteiger charge is 2.31. The number of carbonyl (C=O) groups is 1. The Morgan fingerprint density at radius 3 is 2.68 bits per heavy atom. The Morgan fingerprint density at radius 1 is 1.41 bits per heavy atom. The summed E-state index contributed by atoms with van der Waals surface area (Å²) in [4.78, 5) is 16.9. The second kappa shape index (κ2) is 8.22. The topological polar surface area (TPSA) is 65.2 Å². The fraction of sp³-hybridized carbons (Fsp3) is 0.588. The largest absolute Gasteiger partial charge is 0.461 e. The number of thiocarbonyl (C=S) groups is 1. The van der Waals surface area contributed by atoms with Gasteiger partial charge in [-0.3, -0.25) is 9.78 Å². The molecule has 1 aromatic heterocycles. The molecule has 0 bridgehead atoms. The monoisotopic (exact) mass is 320 g/mol. The van der Waals surface area contributed by atoms with Gasteiger partial charge in [0.1, 0.15) is 12.0 Å². The van der Waals surface area contributed by atoms with Crippen molar-refractivity contribution < 1.29 is 9.53 Å². The van der Waals surface area contributed by atoms with E-state index in [-0.39, 0.29) is 17.1 Å². The lowest BCUT2D eigenvalue weighted by molar-refractivity contribution is -0.152. The van der Waals surface area contributed by atoms with E-state index in [0.29, 0.717) is 11.6 Å². The predicted octanol–water partition coefficient (Wildman–Crippen LogP) is 3.35. The molecular weight excluding hydrogens is 296 g/mol. The second-order valence-corrected chi connectivity index (χ2v) is 6.34. The van der Waals surface area contributed by atoms with Crippen molar-refractivity contribution in [3.05, 3.63) is 30.1 Å². The van der Waals surface area contributed by atoms with Crippen LogP contribution in [0.5, 0.6) is 0 Å². The molecule has 0 aliphatic heterocycles. The predicted molar refractivity (Wildman–Crippen MR) is 90.5 cm³/mol. The van der Waals surface area contributed by atoms with Crippen molar-refractivity contribution in [2.45, 2.75) is 57.5 Å². The molecule has 1 aliphatic carbocycles. The lowest BCUT2D eigenvalue weighted by Crippen LogP contribution is -2.34. The average Bonchev–Trinajstić information content (AvgIpc) is 2.54. The minimum absolute atomic E-state index is 0.0478. The van der Waals surface area contributed by atoms with Gasteiger partial charge in [0.2, 0.25) is 0 Å². The summed E-state index contributed by atoms with van der Waals surface area (Å²) in [5.41, 5.74) is 6.31. The molecule has 1 aromatic rings. The Balaban J connectivity index is 2.08. The minimum atomic E-state index is -0.756. The molecule has 0 aromatic carbocycles. The number of carbonyl (C=O) groups excluding carboxylic acids is 1. The highest BCUT2D eigenvalue weighted by molar-refractivity contribution is 7.80. The van der Waals surface area contributed by atoms with Gasteiger partial charge in [0, 0.05) is 6.20 Å². The van der Waals surface area contributed by atoms with Crippen LogP contribution in [0.2, 0.25) is 0 Å². The number of hydrogen-bond donors (Lipinski definition) is 1. The van der Waals surface area contributed by atoms with Crippen LogP contribution in [0.3, 0.4) is 0 Å². The number of ether oxygens (including phenoxy) is 1. The fourth-order valence-electron chi connectivity index (χ4n) is 3.17. The summed E-state index contributed by atoms with van der Waals surface area (Å²) in [5.74, 6) is -0.670. The summed E-state index contributed by atoms with van der Waals surface area (Å²) in [5, 5.41) is 0. The van der Waals surface area contributed by atoms with Crippen molar-refractivity contribution in [3.8, 4) is 0 Å². The first kappa shape index (κ1) is 16.9. The number of rotatable bonds is 6. The standard InChI is InChI=1S/C17H24N2O2S/c1-2-14(12-8-4-3-5-9-12)21-17(20)15(16(18)22)13-10-6-7-11-19-13/h6-7,10-12,14-15H,2-5,8-9H2,1H3,(H2,18,22). The molecule has 1 fully saturated rings. The van der Waals surface area contributed by atoms with Gasteiger partial charge in [-0.1, -0.05) is 44.5 Å². The van der Waals surface area contributed by atoms with E-state index in [0.717, 1.165) is 19.3 Å². The molecule has 2 rings (SSSR count). The summed E-state index contributed by atoms with van der Waals surface area (Å²) in [6, 6.07) is 5.37. The van der Waals surface area contributed by atoms with Gasteiger partial charge in [-0.15, -0.1) is 0 Å². The summed E-state index contributed by atoms with van der Waals surface area (Å²) < 4.78 is 5.77. The number of pyridine rings is 1. The maximum absolute atomic E-state index is 12.6. The molecule has 1 aliphatic rings. The van der Waals surface area contributed by atoms with E-state index in [1.165, 1.54) is 19.3 Å². The number of esters is 1. The molecule has 0 radical (unpaired) electrons. The number of aromatic nitrogens is 1.